The first-order valence-corrected chi connectivity index (χ1v) is 10.1. The molecule has 4 nitrogen and oxygen atoms in total. The van der Waals surface area contributed by atoms with Gasteiger partial charge in [0.2, 0.25) is 15.0 Å². The van der Waals surface area contributed by atoms with Gasteiger partial charge in [-0.25, -0.2) is 8.42 Å². The van der Waals surface area contributed by atoms with E-state index in [0.717, 1.165) is 16.7 Å². The van der Waals surface area contributed by atoms with E-state index >= 15 is 0 Å². The number of likely N-dealkylation sites (tertiary alicyclic amines) is 1. The van der Waals surface area contributed by atoms with Crippen LogP contribution in [0.3, 0.4) is 0 Å². The van der Waals surface area contributed by atoms with Crippen molar-refractivity contribution in [2.24, 2.45) is 0 Å². The van der Waals surface area contributed by atoms with Crippen LogP contribution in [0.1, 0.15) is 29.2 Å². The summed E-state index contributed by atoms with van der Waals surface area (Å²) in [6, 6.07) is 17.2. The Balaban J connectivity index is 2.02. The van der Waals surface area contributed by atoms with E-state index in [-0.39, 0.29) is 24.9 Å². The number of amides is 1. The Morgan fingerprint density at radius 3 is 2.17 bits per heavy atom. The van der Waals surface area contributed by atoms with Crippen LogP contribution in [0, 0.1) is 6.92 Å². The minimum absolute atomic E-state index is 0.0684. The van der Waals surface area contributed by atoms with Crippen LogP contribution < -0.4 is 0 Å². The summed E-state index contributed by atoms with van der Waals surface area (Å²) in [4.78, 5) is 14.1. The summed E-state index contributed by atoms with van der Waals surface area (Å²) < 4.78 is 23.3. The van der Waals surface area contributed by atoms with Gasteiger partial charge in [0.1, 0.15) is 5.25 Å². The summed E-state index contributed by atoms with van der Waals surface area (Å²) in [7, 11) is 1.72. The molecule has 2 aromatic carbocycles. The van der Waals surface area contributed by atoms with E-state index in [9.17, 15) is 13.2 Å². The highest BCUT2D eigenvalue weighted by Gasteiger charge is 2.41. The van der Waals surface area contributed by atoms with Gasteiger partial charge in [-0.2, -0.15) is 0 Å². The van der Waals surface area contributed by atoms with Crippen LogP contribution in [0.25, 0.3) is 0 Å². The van der Waals surface area contributed by atoms with Crippen molar-refractivity contribution >= 4 is 25.6 Å². The molecule has 0 N–H and O–H groups in total. The largest absolute Gasteiger partial charge is 0.330 e. The van der Waals surface area contributed by atoms with Gasteiger partial charge in [0.05, 0.1) is 6.04 Å². The first-order chi connectivity index (χ1) is 11.4. The predicted molar refractivity (Wildman–Crippen MR) is 94.4 cm³/mol. The number of nitrogens with zero attached hydrogens (tertiary/aromatic N) is 1. The van der Waals surface area contributed by atoms with Gasteiger partial charge in [0, 0.05) is 23.6 Å². The third-order valence-electron chi connectivity index (χ3n) is 4.34. The fourth-order valence-electron chi connectivity index (χ4n) is 3.07. The molecule has 2 atom stereocenters. The van der Waals surface area contributed by atoms with Crippen molar-refractivity contribution in [3.63, 3.8) is 0 Å². The average Bonchev–Trinajstić information content (AvgIpc) is 2.93. The molecule has 0 radical (unpaired) electrons. The third kappa shape index (κ3) is 3.47. The maximum Gasteiger partial charge on any atom is 0.237 e. The highest BCUT2D eigenvalue weighted by Crippen LogP contribution is 2.34. The van der Waals surface area contributed by atoms with E-state index in [0.29, 0.717) is 0 Å². The van der Waals surface area contributed by atoms with E-state index in [2.05, 4.69) is 0 Å². The van der Waals surface area contributed by atoms with Gasteiger partial charge < -0.3 is 4.90 Å². The molecule has 24 heavy (non-hydrogen) atoms. The molecule has 1 aliphatic rings. The third-order valence-corrected chi connectivity index (χ3v) is 6.21. The molecule has 2 unspecified atom stereocenters. The lowest BCUT2D eigenvalue weighted by Gasteiger charge is -2.29. The fraction of sp³-hybridized carbons (Fsp3) is 0.278. The van der Waals surface area contributed by atoms with Crippen molar-refractivity contribution < 1.29 is 13.2 Å². The zero-order chi connectivity index (χ0) is 17.3. The van der Waals surface area contributed by atoms with Gasteiger partial charge in [0.25, 0.3) is 0 Å². The van der Waals surface area contributed by atoms with Crippen LogP contribution in [0.4, 0.5) is 0 Å². The molecule has 0 aromatic heterocycles. The molecule has 1 fully saturated rings. The van der Waals surface area contributed by atoms with Gasteiger partial charge in [-0.3, -0.25) is 4.79 Å². The second-order valence-electron chi connectivity index (χ2n) is 6.07. The molecule has 0 spiro atoms. The number of aryl methyl sites for hydroxylation is 1. The summed E-state index contributed by atoms with van der Waals surface area (Å²) in [5, 5.41) is -0.858. The monoisotopic (exact) mass is 363 g/mol. The van der Waals surface area contributed by atoms with Crippen LogP contribution in [0.5, 0.6) is 0 Å². The normalized spacial score (nSPS) is 19.5. The lowest BCUT2D eigenvalue weighted by atomic mass is 9.96. The zero-order valence-corrected chi connectivity index (χ0v) is 14.8. The molecule has 0 saturated carbocycles. The molecule has 1 saturated heterocycles. The van der Waals surface area contributed by atoms with E-state index in [1.54, 1.807) is 4.90 Å². The van der Waals surface area contributed by atoms with Crippen molar-refractivity contribution in [3.05, 3.63) is 71.3 Å². The second kappa shape index (κ2) is 6.57. The lowest BCUT2D eigenvalue weighted by Crippen LogP contribution is -2.32. The van der Waals surface area contributed by atoms with Crippen LogP contribution in [-0.2, 0) is 13.8 Å². The standard InChI is InChI=1S/C18H18ClNO3S/c1-13-7-9-15(10-8-13)18(14-5-3-2-4-6-14)20-12-16(11-17(20)21)24(19,22)23/h2-10,16,18H,11-12H2,1H3. The smallest absolute Gasteiger partial charge is 0.237 e. The first-order valence-electron chi connectivity index (χ1n) is 7.70. The van der Waals surface area contributed by atoms with Crippen molar-refractivity contribution in [3.8, 4) is 0 Å². The summed E-state index contributed by atoms with van der Waals surface area (Å²) >= 11 is 0. The highest BCUT2D eigenvalue weighted by molar-refractivity contribution is 8.14. The minimum atomic E-state index is -3.76. The summed E-state index contributed by atoms with van der Waals surface area (Å²) in [6.07, 6.45) is -0.0684. The summed E-state index contributed by atoms with van der Waals surface area (Å²) in [5.74, 6) is -0.196. The van der Waals surface area contributed by atoms with Gasteiger partial charge in [-0.1, -0.05) is 60.2 Å². The van der Waals surface area contributed by atoms with Crippen molar-refractivity contribution in [1.82, 2.24) is 4.90 Å². The molecule has 126 valence electrons. The van der Waals surface area contributed by atoms with E-state index in [4.69, 9.17) is 10.7 Å². The Kier molecular flexibility index (Phi) is 4.65. The molecule has 1 heterocycles. The Morgan fingerprint density at radius 2 is 1.62 bits per heavy atom. The van der Waals surface area contributed by atoms with Crippen LogP contribution in [-0.4, -0.2) is 31.0 Å². The van der Waals surface area contributed by atoms with Gasteiger partial charge in [0.15, 0.2) is 0 Å². The Bertz CT molecular complexity index is 834. The van der Waals surface area contributed by atoms with Crippen LogP contribution >= 0.6 is 10.7 Å². The average molecular weight is 364 g/mol. The van der Waals surface area contributed by atoms with E-state index in [1.165, 1.54) is 0 Å². The number of hydrogen-bond donors (Lipinski definition) is 0. The SMILES string of the molecule is Cc1ccc(C(c2ccccc2)N2CC(S(=O)(=O)Cl)CC2=O)cc1. The minimum Gasteiger partial charge on any atom is -0.330 e. The topological polar surface area (TPSA) is 54.5 Å². The Hall–Kier alpha value is -1.85. The molecule has 3 rings (SSSR count). The maximum absolute atomic E-state index is 12.5. The Labute approximate surface area is 146 Å². The number of carbonyl (C=O) groups is 1. The molecule has 1 amide bonds. The summed E-state index contributed by atoms with van der Waals surface area (Å²) in [5.41, 5.74) is 3.02. The number of rotatable bonds is 4. The Morgan fingerprint density at radius 1 is 1.04 bits per heavy atom. The molecular weight excluding hydrogens is 346 g/mol. The first kappa shape index (κ1) is 17.0. The number of carbonyl (C=O) groups excluding carboxylic acids is 1. The number of hydrogen-bond acceptors (Lipinski definition) is 3. The van der Waals surface area contributed by atoms with E-state index < -0.39 is 14.3 Å². The molecule has 2 aromatic rings. The number of benzene rings is 2. The fourth-order valence-corrected chi connectivity index (χ4v) is 4.11. The second-order valence-corrected chi connectivity index (χ2v) is 8.98. The quantitative estimate of drug-likeness (QED) is 0.783. The van der Waals surface area contributed by atoms with Gasteiger partial charge in [-0.05, 0) is 18.1 Å². The predicted octanol–water partition coefficient (Wildman–Crippen LogP) is 3.25. The van der Waals surface area contributed by atoms with E-state index in [1.807, 2.05) is 61.5 Å². The molecule has 0 bridgehead atoms. The van der Waals surface area contributed by atoms with Gasteiger partial charge >= 0.3 is 0 Å². The van der Waals surface area contributed by atoms with Crippen molar-refractivity contribution in [2.75, 3.05) is 6.54 Å². The number of halogens is 1. The molecule has 6 heteroatoms. The zero-order valence-electron chi connectivity index (χ0n) is 13.2. The maximum atomic E-state index is 12.5. The molecular formula is C18H18ClNO3S. The highest BCUT2D eigenvalue weighted by atomic mass is 35.7. The lowest BCUT2D eigenvalue weighted by molar-refractivity contribution is -0.129. The molecule has 1 aliphatic heterocycles. The van der Waals surface area contributed by atoms with Gasteiger partial charge in [-0.15, -0.1) is 0 Å². The van der Waals surface area contributed by atoms with Crippen LogP contribution in [0.15, 0.2) is 54.6 Å². The van der Waals surface area contributed by atoms with Crippen molar-refractivity contribution in [1.29, 1.82) is 0 Å². The summed E-state index contributed by atoms with van der Waals surface area (Å²) in [6.45, 7) is 2.11. The molecule has 0 aliphatic carbocycles. The van der Waals surface area contributed by atoms with Crippen LogP contribution in [0.2, 0.25) is 0 Å². The van der Waals surface area contributed by atoms with Crippen molar-refractivity contribution in [2.45, 2.75) is 24.6 Å².